The van der Waals surface area contributed by atoms with Crippen LogP contribution in [0.15, 0.2) is 0 Å². The largest absolute Gasteiger partial charge is 0.477 e. The molecular weight excluding hydrogens is 438 g/mol. The van der Waals surface area contributed by atoms with E-state index < -0.39 is 18.1 Å². The highest BCUT2D eigenvalue weighted by Crippen LogP contribution is 2.11. The number of quaternary nitrogens is 1. The Morgan fingerprint density at radius 2 is 1.29 bits per heavy atom. The number of carbonyl (C=O) groups is 3. The third-order valence-electron chi connectivity index (χ3n) is 5.76. The Balaban J connectivity index is 4.57. The van der Waals surface area contributed by atoms with Crippen molar-refractivity contribution in [1.82, 2.24) is 0 Å². The molecule has 34 heavy (non-hydrogen) atoms. The average Bonchev–Trinajstić information content (AvgIpc) is 2.75. The molecule has 0 aromatic heterocycles. The molecule has 0 bridgehead atoms. The monoisotopic (exact) mass is 488 g/mol. The lowest BCUT2D eigenvalue weighted by molar-refractivity contribution is -0.887. The van der Waals surface area contributed by atoms with Crippen LogP contribution in [0.3, 0.4) is 0 Å². The molecule has 0 heterocycles. The summed E-state index contributed by atoms with van der Waals surface area (Å²) in [4.78, 5) is 35.8. The van der Waals surface area contributed by atoms with Crippen molar-refractivity contribution in [3.8, 4) is 0 Å². The highest BCUT2D eigenvalue weighted by molar-refractivity contribution is 5.72. The molecule has 0 aromatic carbocycles. The molecule has 0 saturated carbocycles. The molecule has 8 nitrogen and oxygen atoms in total. The van der Waals surface area contributed by atoms with Gasteiger partial charge in [-0.1, -0.05) is 65.2 Å². The zero-order valence-corrected chi connectivity index (χ0v) is 22.3. The fraction of sp³-hybridized carbons (Fsp3) is 0.885. The molecule has 8 heteroatoms. The van der Waals surface area contributed by atoms with Gasteiger partial charge in [0.15, 0.2) is 12.1 Å². The lowest BCUT2D eigenvalue weighted by Gasteiger charge is -2.31. The number of hydrogen-bond acceptors (Lipinski definition) is 6. The van der Waals surface area contributed by atoms with Gasteiger partial charge < -0.3 is 23.8 Å². The quantitative estimate of drug-likeness (QED) is 0.134. The van der Waals surface area contributed by atoms with Crippen LogP contribution in [-0.4, -0.2) is 80.6 Å². The summed E-state index contributed by atoms with van der Waals surface area (Å²) >= 11 is 0. The molecule has 0 aromatic rings. The average molecular weight is 489 g/mol. The molecule has 200 valence electrons. The van der Waals surface area contributed by atoms with E-state index in [-0.39, 0.29) is 36.2 Å². The van der Waals surface area contributed by atoms with Crippen LogP contribution < -0.4 is 0 Å². The summed E-state index contributed by atoms with van der Waals surface area (Å²) < 4.78 is 16.8. The van der Waals surface area contributed by atoms with Gasteiger partial charge in [-0.2, -0.15) is 0 Å². The summed E-state index contributed by atoms with van der Waals surface area (Å²) in [5.74, 6) is -1.50. The summed E-state index contributed by atoms with van der Waals surface area (Å²) in [5, 5.41) is 9.44. The maximum absolute atomic E-state index is 12.3. The third kappa shape index (κ3) is 17.8. The Labute approximate surface area is 206 Å². The fourth-order valence-electron chi connectivity index (χ4n) is 3.62. The first-order valence-corrected chi connectivity index (χ1v) is 13.1. The molecule has 0 radical (unpaired) electrons. The van der Waals surface area contributed by atoms with Gasteiger partial charge >= 0.3 is 17.9 Å². The van der Waals surface area contributed by atoms with Crippen molar-refractivity contribution < 1.29 is 38.2 Å². The number of nitrogens with zero attached hydrogens (tertiary/aromatic N) is 1. The number of likely N-dealkylation sites (N-methyl/N-ethyl adjacent to an activating group) is 1. The molecule has 0 saturated heterocycles. The second kappa shape index (κ2) is 19.6. The highest BCUT2D eigenvalue weighted by atomic mass is 16.6. The van der Waals surface area contributed by atoms with Crippen LogP contribution in [0.4, 0.5) is 0 Å². The van der Waals surface area contributed by atoms with Gasteiger partial charge in [0.1, 0.15) is 6.61 Å². The normalized spacial score (nSPS) is 13.3. The van der Waals surface area contributed by atoms with Gasteiger partial charge in [-0.05, 0) is 12.8 Å². The first kappa shape index (κ1) is 32.3. The fourth-order valence-corrected chi connectivity index (χ4v) is 3.62. The SMILES string of the molecule is CCCCCCCCC(=O)OC(COCCC(C(=O)O)[N+](C)(C)C)COC(=O)CCCCCC. The van der Waals surface area contributed by atoms with E-state index in [1.54, 1.807) is 0 Å². The second-order valence-corrected chi connectivity index (χ2v) is 9.96. The Morgan fingerprint density at radius 1 is 0.765 bits per heavy atom. The number of carboxylic acids is 1. The first-order chi connectivity index (χ1) is 16.1. The summed E-state index contributed by atoms with van der Waals surface area (Å²) in [6.45, 7) is 4.51. The van der Waals surface area contributed by atoms with Crippen molar-refractivity contribution in [3.63, 3.8) is 0 Å². The van der Waals surface area contributed by atoms with Crippen molar-refractivity contribution in [2.75, 3.05) is 41.0 Å². The minimum absolute atomic E-state index is 0.0491. The van der Waals surface area contributed by atoms with E-state index in [9.17, 15) is 19.5 Å². The minimum Gasteiger partial charge on any atom is -0.477 e. The second-order valence-electron chi connectivity index (χ2n) is 9.96. The van der Waals surface area contributed by atoms with Crippen LogP contribution in [0, 0.1) is 0 Å². The van der Waals surface area contributed by atoms with Crippen LogP contribution in [0.25, 0.3) is 0 Å². The number of carbonyl (C=O) groups excluding carboxylic acids is 2. The number of ether oxygens (including phenoxy) is 3. The lowest BCUT2D eigenvalue weighted by atomic mass is 10.1. The number of unbranched alkanes of at least 4 members (excludes halogenated alkanes) is 8. The van der Waals surface area contributed by atoms with Crippen LogP contribution >= 0.6 is 0 Å². The molecule has 0 rings (SSSR count). The van der Waals surface area contributed by atoms with Gasteiger partial charge in [0, 0.05) is 19.3 Å². The number of rotatable bonds is 22. The number of aliphatic carboxylic acids is 1. The van der Waals surface area contributed by atoms with Crippen molar-refractivity contribution in [3.05, 3.63) is 0 Å². The van der Waals surface area contributed by atoms with Crippen molar-refractivity contribution in [2.24, 2.45) is 0 Å². The lowest BCUT2D eigenvalue weighted by Crippen LogP contribution is -2.50. The van der Waals surface area contributed by atoms with Gasteiger partial charge in [0.2, 0.25) is 0 Å². The molecular formula is C26H50NO7+. The van der Waals surface area contributed by atoms with E-state index in [2.05, 4.69) is 13.8 Å². The standard InChI is InChI=1S/C26H49NO7/c1-6-8-10-12-13-15-17-25(29)34-22(21-33-24(28)16-14-11-9-7-2)20-32-19-18-23(26(30)31)27(3,4)5/h22-23H,6-21H2,1-5H3/p+1. The Kier molecular flexibility index (Phi) is 18.7. The molecule has 0 aliphatic carbocycles. The number of carboxylic acid groups (broad SMARTS) is 1. The van der Waals surface area contributed by atoms with E-state index in [0.29, 0.717) is 19.3 Å². The topological polar surface area (TPSA) is 99.1 Å². The Hall–Kier alpha value is -1.67. The van der Waals surface area contributed by atoms with Crippen LogP contribution in [0.2, 0.25) is 0 Å². The van der Waals surface area contributed by atoms with Gasteiger partial charge in [-0.25, -0.2) is 4.79 Å². The van der Waals surface area contributed by atoms with Gasteiger partial charge in [0.05, 0.1) is 34.4 Å². The predicted molar refractivity (Wildman–Crippen MR) is 132 cm³/mol. The van der Waals surface area contributed by atoms with Crippen molar-refractivity contribution in [2.45, 2.75) is 109 Å². The summed E-state index contributed by atoms with van der Waals surface area (Å²) in [6, 6.07) is -0.602. The van der Waals surface area contributed by atoms with E-state index in [1.165, 1.54) is 19.3 Å². The van der Waals surface area contributed by atoms with Crippen LogP contribution in [-0.2, 0) is 28.6 Å². The number of esters is 2. The van der Waals surface area contributed by atoms with Gasteiger partial charge in [-0.15, -0.1) is 0 Å². The molecule has 0 spiro atoms. The van der Waals surface area contributed by atoms with Crippen molar-refractivity contribution in [1.29, 1.82) is 0 Å². The summed E-state index contributed by atoms with van der Waals surface area (Å²) in [7, 11) is 5.47. The predicted octanol–water partition coefficient (Wildman–Crippen LogP) is 4.73. The van der Waals surface area contributed by atoms with E-state index >= 15 is 0 Å². The number of hydrogen-bond donors (Lipinski definition) is 1. The molecule has 0 aliphatic rings. The van der Waals surface area contributed by atoms with E-state index in [0.717, 1.165) is 44.9 Å². The first-order valence-electron chi connectivity index (χ1n) is 13.1. The molecule has 2 unspecified atom stereocenters. The zero-order valence-electron chi connectivity index (χ0n) is 22.3. The van der Waals surface area contributed by atoms with E-state index in [4.69, 9.17) is 14.2 Å². The summed E-state index contributed by atoms with van der Waals surface area (Å²) in [6.07, 6.45) is 10.7. The minimum atomic E-state index is -0.880. The van der Waals surface area contributed by atoms with E-state index in [1.807, 2.05) is 21.1 Å². The third-order valence-corrected chi connectivity index (χ3v) is 5.76. The molecule has 0 fully saturated rings. The van der Waals surface area contributed by atoms with Crippen LogP contribution in [0.1, 0.15) is 97.3 Å². The molecule has 1 N–H and O–H groups in total. The van der Waals surface area contributed by atoms with Gasteiger partial charge in [0.25, 0.3) is 0 Å². The molecule has 2 atom stereocenters. The molecule has 0 amide bonds. The maximum Gasteiger partial charge on any atom is 0.362 e. The zero-order chi connectivity index (χ0) is 25.8. The van der Waals surface area contributed by atoms with Crippen molar-refractivity contribution >= 4 is 17.9 Å². The highest BCUT2D eigenvalue weighted by Gasteiger charge is 2.31. The Bertz CT molecular complexity index is 560. The smallest absolute Gasteiger partial charge is 0.362 e. The summed E-state index contributed by atoms with van der Waals surface area (Å²) in [5.41, 5.74) is 0. The van der Waals surface area contributed by atoms with Crippen LogP contribution in [0.5, 0.6) is 0 Å². The Morgan fingerprint density at radius 3 is 1.85 bits per heavy atom. The molecule has 0 aliphatic heterocycles. The van der Waals surface area contributed by atoms with Gasteiger partial charge in [-0.3, -0.25) is 9.59 Å². The maximum atomic E-state index is 12.3.